The minimum absolute atomic E-state index is 0.231. The molecule has 0 saturated heterocycles. The first kappa shape index (κ1) is 11.9. The number of fused-ring (bicyclic) bond motifs is 1. The first-order valence-electron chi connectivity index (χ1n) is 5.76. The van der Waals surface area contributed by atoms with Crippen LogP contribution in [0.4, 0.5) is 5.69 Å². The average molecular weight is 275 g/mol. The molecule has 1 aliphatic heterocycles. The lowest BCUT2D eigenvalue weighted by molar-refractivity contribution is 0.174. The van der Waals surface area contributed by atoms with Crippen molar-refractivity contribution in [3.8, 4) is 11.5 Å². The van der Waals surface area contributed by atoms with E-state index >= 15 is 0 Å². The van der Waals surface area contributed by atoms with E-state index < -0.39 is 0 Å². The van der Waals surface area contributed by atoms with Crippen molar-refractivity contribution in [3.63, 3.8) is 0 Å². The van der Waals surface area contributed by atoms with Crippen LogP contribution in [-0.2, 0) is 0 Å². The summed E-state index contributed by atoms with van der Waals surface area (Å²) in [7, 11) is 0. The van der Waals surface area contributed by atoms with Gasteiger partial charge in [0.1, 0.15) is 0 Å². The van der Waals surface area contributed by atoms with Crippen LogP contribution in [0.15, 0.2) is 47.6 Å². The summed E-state index contributed by atoms with van der Waals surface area (Å²) < 4.78 is 10.5. The summed E-state index contributed by atoms with van der Waals surface area (Å²) >= 11 is 6.14. The van der Waals surface area contributed by atoms with Gasteiger partial charge in [-0.3, -0.25) is 5.43 Å². The van der Waals surface area contributed by atoms with Gasteiger partial charge in [0.05, 0.1) is 16.9 Å². The fourth-order valence-electron chi connectivity index (χ4n) is 1.72. The van der Waals surface area contributed by atoms with Crippen LogP contribution in [0.3, 0.4) is 0 Å². The summed E-state index contributed by atoms with van der Waals surface area (Å²) in [6, 6.07) is 13.2. The zero-order valence-corrected chi connectivity index (χ0v) is 10.7. The van der Waals surface area contributed by atoms with Gasteiger partial charge in [0.25, 0.3) is 0 Å². The van der Waals surface area contributed by atoms with Gasteiger partial charge < -0.3 is 9.47 Å². The molecule has 0 unspecified atom stereocenters. The number of hydrogen-bond donors (Lipinski definition) is 1. The van der Waals surface area contributed by atoms with E-state index in [0.29, 0.717) is 16.5 Å². The lowest BCUT2D eigenvalue weighted by atomic mass is 10.2. The van der Waals surface area contributed by atoms with E-state index in [1.54, 1.807) is 18.3 Å². The fraction of sp³-hybridized carbons (Fsp3) is 0.0714. The van der Waals surface area contributed by atoms with Crippen molar-refractivity contribution >= 4 is 23.5 Å². The van der Waals surface area contributed by atoms with Gasteiger partial charge in [-0.25, -0.2) is 0 Å². The molecule has 0 spiro atoms. The Hall–Kier alpha value is -2.20. The van der Waals surface area contributed by atoms with Crippen molar-refractivity contribution in [2.75, 3.05) is 12.2 Å². The Labute approximate surface area is 115 Å². The van der Waals surface area contributed by atoms with Gasteiger partial charge in [-0.2, -0.15) is 5.10 Å². The number of anilines is 1. The standard InChI is InChI=1S/C14H11ClN2O2/c15-12-7-14-13(18-9-19-14)6-10(12)8-16-17-11-4-2-1-3-5-11/h1-8,17H,9H2/b16-8-. The molecule has 0 amide bonds. The highest BCUT2D eigenvalue weighted by Crippen LogP contribution is 2.36. The summed E-state index contributed by atoms with van der Waals surface area (Å²) in [5.41, 5.74) is 4.61. The lowest BCUT2D eigenvalue weighted by Gasteiger charge is -2.02. The van der Waals surface area contributed by atoms with Gasteiger partial charge in [0.2, 0.25) is 6.79 Å². The Morgan fingerprint density at radius 1 is 1.11 bits per heavy atom. The van der Waals surface area contributed by atoms with Crippen LogP contribution in [-0.4, -0.2) is 13.0 Å². The topological polar surface area (TPSA) is 42.9 Å². The van der Waals surface area contributed by atoms with Crippen molar-refractivity contribution in [3.05, 3.63) is 53.1 Å². The zero-order chi connectivity index (χ0) is 13.1. The van der Waals surface area contributed by atoms with E-state index in [2.05, 4.69) is 10.5 Å². The van der Waals surface area contributed by atoms with Gasteiger partial charge in [0, 0.05) is 11.6 Å². The molecule has 0 aliphatic carbocycles. The van der Waals surface area contributed by atoms with Gasteiger partial charge >= 0.3 is 0 Å². The van der Waals surface area contributed by atoms with Gasteiger partial charge in [-0.15, -0.1) is 0 Å². The number of ether oxygens (including phenoxy) is 2. The molecule has 2 aromatic carbocycles. The normalized spacial score (nSPS) is 12.9. The Bertz CT molecular complexity index is 614. The smallest absolute Gasteiger partial charge is 0.231 e. The minimum atomic E-state index is 0.231. The van der Waals surface area contributed by atoms with Crippen LogP contribution >= 0.6 is 11.6 Å². The predicted octanol–water partition coefficient (Wildman–Crippen LogP) is 3.51. The number of nitrogens with one attached hydrogen (secondary N) is 1. The van der Waals surface area contributed by atoms with Crippen molar-refractivity contribution in [2.45, 2.75) is 0 Å². The third-order valence-electron chi connectivity index (χ3n) is 2.66. The zero-order valence-electron chi connectivity index (χ0n) is 9.97. The molecule has 0 fully saturated rings. The Balaban J connectivity index is 1.76. The van der Waals surface area contributed by atoms with Gasteiger partial charge in [0.15, 0.2) is 11.5 Å². The van der Waals surface area contributed by atoms with E-state index in [9.17, 15) is 0 Å². The first-order chi connectivity index (χ1) is 9.33. The molecular formula is C14H11ClN2O2. The van der Waals surface area contributed by atoms with Gasteiger partial charge in [-0.1, -0.05) is 29.8 Å². The number of benzene rings is 2. The molecule has 1 aliphatic rings. The molecule has 4 nitrogen and oxygen atoms in total. The van der Waals surface area contributed by atoms with Crippen LogP contribution in [0.25, 0.3) is 0 Å². The SMILES string of the molecule is Clc1cc2c(cc1/C=N\Nc1ccccc1)OCO2. The molecule has 2 aromatic rings. The van der Waals surface area contributed by atoms with E-state index in [1.807, 2.05) is 30.3 Å². The second-order valence-electron chi connectivity index (χ2n) is 3.96. The molecular weight excluding hydrogens is 264 g/mol. The van der Waals surface area contributed by atoms with Crippen LogP contribution in [0, 0.1) is 0 Å². The Morgan fingerprint density at radius 2 is 1.84 bits per heavy atom. The molecule has 0 radical (unpaired) electrons. The molecule has 3 rings (SSSR count). The molecule has 0 saturated carbocycles. The number of rotatable bonds is 3. The third kappa shape index (κ3) is 2.63. The number of para-hydroxylation sites is 1. The van der Waals surface area contributed by atoms with Crippen molar-refractivity contribution < 1.29 is 9.47 Å². The Morgan fingerprint density at radius 3 is 2.63 bits per heavy atom. The molecule has 19 heavy (non-hydrogen) atoms. The molecule has 0 aromatic heterocycles. The van der Waals surface area contributed by atoms with Gasteiger partial charge in [-0.05, 0) is 18.2 Å². The van der Waals surface area contributed by atoms with E-state index in [1.165, 1.54) is 0 Å². The molecule has 0 bridgehead atoms. The van der Waals surface area contributed by atoms with Crippen LogP contribution in [0.5, 0.6) is 11.5 Å². The molecule has 96 valence electrons. The minimum Gasteiger partial charge on any atom is -0.454 e. The second-order valence-corrected chi connectivity index (χ2v) is 4.37. The number of halogens is 1. The van der Waals surface area contributed by atoms with Crippen molar-refractivity contribution in [2.24, 2.45) is 5.10 Å². The van der Waals surface area contributed by atoms with Crippen LogP contribution < -0.4 is 14.9 Å². The maximum atomic E-state index is 6.14. The predicted molar refractivity (Wildman–Crippen MR) is 75.2 cm³/mol. The Kier molecular flexibility index (Phi) is 3.25. The summed E-state index contributed by atoms with van der Waals surface area (Å²) in [6.45, 7) is 0.231. The third-order valence-corrected chi connectivity index (χ3v) is 2.99. The monoisotopic (exact) mass is 274 g/mol. The van der Waals surface area contributed by atoms with Crippen LogP contribution in [0.2, 0.25) is 5.02 Å². The average Bonchev–Trinajstić information content (AvgIpc) is 2.87. The van der Waals surface area contributed by atoms with Crippen molar-refractivity contribution in [1.29, 1.82) is 0 Å². The van der Waals surface area contributed by atoms with Crippen LogP contribution in [0.1, 0.15) is 5.56 Å². The first-order valence-corrected chi connectivity index (χ1v) is 6.14. The van der Waals surface area contributed by atoms with Crippen molar-refractivity contribution in [1.82, 2.24) is 0 Å². The highest BCUT2D eigenvalue weighted by molar-refractivity contribution is 6.33. The summed E-state index contributed by atoms with van der Waals surface area (Å²) in [5.74, 6) is 1.35. The number of nitrogens with zero attached hydrogens (tertiary/aromatic N) is 1. The second kappa shape index (κ2) is 5.20. The maximum Gasteiger partial charge on any atom is 0.231 e. The lowest BCUT2D eigenvalue weighted by Crippen LogP contribution is -1.93. The molecule has 0 atom stereocenters. The van der Waals surface area contributed by atoms with E-state index in [-0.39, 0.29) is 6.79 Å². The summed E-state index contributed by atoms with van der Waals surface area (Å²) in [6.07, 6.45) is 1.65. The molecule has 1 heterocycles. The number of hydrazone groups is 1. The van der Waals surface area contributed by atoms with E-state index in [4.69, 9.17) is 21.1 Å². The maximum absolute atomic E-state index is 6.14. The summed E-state index contributed by atoms with van der Waals surface area (Å²) in [5, 5.41) is 4.71. The molecule has 1 N–H and O–H groups in total. The highest BCUT2D eigenvalue weighted by atomic mass is 35.5. The molecule has 5 heteroatoms. The fourth-order valence-corrected chi connectivity index (χ4v) is 1.92. The summed E-state index contributed by atoms with van der Waals surface area (Å²) in [4.78, 5) is 0. The highest BCUT2D eigenvalue weighted by Gasteiger charge is 2.15. The quantitative estimate of drug-likeness (QED) is 0.688. The van der Waals surface area contributed by atoms with E-state index in [0.717, 1.165) is 11.3 Å². The number of hydrogen-bond acceptors (Lipinski definition) is 4. The largest absolute Gasteiger partial charge is 0.454 e.